The van der Waals surface area contributed by atoms with E-state index >= 15 is 0 Å². The van der Waals surface area contributed by atoms with Crippen molar-refractivity contribution >= 4 is 23.1 Å². The van der Waals surface area contributed by atoms with Crippen LogP contribution in [0.15, 0.2) is 17.8 Å². The van der Waals surface area contributed by atoms with Crippen LogP contribution in [0.4, 0.5) is 5.82 Å². The van der Waals surface area contributed by atoms with E-state index in [4.69, 9.17) is 10.5 Å². The molecule has 0 aliphatic rings. The van der Waals surface area contributed by atoms with Gasteiger partial charge < -0.3 is 15.0 Å². The van der Waals surface area contributed by atoms with Crippen LogP contribution in [-0.2, 0) is 17.7 Å². The second-order valence-electron chi connectivity index (χ2n) is 4.05. The van der Waals surface area contributed by atoms with Crippen molar-refractivity contribution in [2.45, 2.75) is 26.8 Å². The minimum atomic E-state index is -0.472. The second-order valence-corrected chi connectivity index (χ2v) is 5.05. The summed E-state index contributed by atoms with van der Waals surface area (Å²) < 4.78 is 6.69. The predicted molar refractivity (Wildman–Crippen MR) is 75.4 cm³/mol. The molecule has 0 fully saturated rings. The summed E-state index contributed by atoms with van der Waals surface area (Å²) in [7, 11) is 0. The lowest BCUT2D eigenvalue weighted by molar-refractivity contribution is 0.0521. The van der Waals surface area contributed by atoms with Gasteiger partial charge in [0.15, 0.2) is 5.69 Å². The first-order valence-corrected chi connectivity index (χ1v) is 7.08. The number of rotatable bonds is 5. The number of hydrogen-bond donors (Lipinski definition) is 1. The van der Waals surface area contributed by atoms with Crippen LogP contribution in [-0.4, -0.2) is 22.1 Å². The number of thiophene rings is 1. The SMILES string of the molecule is CCOC(=O)c1ncn(Cc2sccc2CC)c1N. The van der Waals surface area contributed by atoms with Gasteiger partial charge in [-0.15, -0.1) is 11.3 Å². The molecule has 0 aliphatic carbocycles. The van der Waals surface area contributed by atoms with E-state index in [1.807, 2.05) is 0 Å². The van der Waals surface area contributed by atoms with E-state index in [9.17, 15) is 4.79 Å². The van der Waals surface area contributed by atoms with Crippen LogP contribution in [0.3, 0.4) is 0 Å². The predicted octanol–water partition coefficient (Wildman–Crippen LogP) is 2.31. The fourth-order valence-corrected chi connectivity index (χ4v) is 2.82. The number of carbonyl (C=O) groups excluding carboxylic acids is 1. The minimum Gasteiger partial charge on any atom is -0.461 e. The fourth-order valence-electron chi connectivity index (χ4n) is 1.85. The first-order chi connectivity index (χ1) is 9.17. The summed E-state index contributed by atoms with van der Waals surface area (Å²) in [6, 6.07) is 2.11. The fraction of sp³-hybridized carbons (Fsp3) is 0.385. The molecule has 6 heteroatoms. The third-order valence-corrected chi connectivity index (χ3v) is 3.83. The number of anilines is 1. The monoisotopic (exact) mass is 279 g/mol. The quantitative estimate of drug-likeness (QED) is 0.853. The van der Waals surface area contributed by atoms with Gasteiger partial charge in [-0.05, 0) is 30.4 Å². The third-order valence-electron chi connectivity index (χ3n) is 2.88. The molecule has 0 unspecified atom stereocenters. The van der Waals surface area contributed by atoms with E-state index in [0.29, 0.717) is 19.0 Å². The Morgan fingerprint density at radius 3 is 3.00 bits per heavy atom. The summed E-state index contributed by atoms with van der Waals surface area (Å²) in [5, 5.41) is 2.06. The van der Waals surface area contributed by atoms with E-state index in [1.54, 1.807) is 29.2 Å². The third kappa shape index (κ3) is 2.78. The van der Waals surface area contributed by atoms with Crippen LogP contribution < -0.4 is 5.73 Å². The maximum absolute atomic E-state index is 11.6. The minimum absolute atomic E-state index is 0.191. The Labute approximate surface area is 116 Å². The van der Waals surface area contributed by atoms with Crippen LogP contribution in [0.1, 0.15) is 34.8 Å². The number of ether oxygens (including phenoxy) is 1. The Balaban J connectivity index is 2.21. The molecular weight excluding hydrogens is 262 g/mol. The number of carbonyl (C=O) groups is 1. The Bertz CT molecular complexity index is 574. The highest BCUT2D eigenvalue weighted by molar-refractivity contribution is 7.10. The maximum Gasteiger partial charge on any atom is 0.360 e. The number of nitrogen functional groups attached to an aromatic ring is 1. The summed E-state index contributed by atoms with van der Waals surface area (Å²) >= 11 is 1.69. The molecule has 102 valence electrons. The molecule has 5 nitrogen and oxygen atoms in total. The molecule has 0 spiro atoms. The second kappa shape index (κ2) is 5.88. The number of aryl methyl sites for hydroxylation is 1. The van der Waals surface area contributed by atoms with Gasteiger partial charge in [-0.1, -0.05) is 6.92 Å². The molecule has 0 saturated carbocycles. The summed E-state index contributed by atoms with van der Waals surface area (Å²) in [5.41, 5.74) is 7.44. The van der Waals surface area contributed by atoms with Crippen LogP contribution in [0.2, 0.25) is 0 Å². The Kier molecular flexibility index (Phi) is 4.21. The molecule has 2 rings (SSSR count). The van der Waals surface area contributed by atoms with Crippen molar-refractivity contribution in [2.24, 2.45) is 0 Å². The number of nitrogens with two attached hydrogens (primary N) is 1. The van der Waals surface area contributed by atoms with Gasteiger partial charge in [0.1, 0.15) is 5.82 Å². The molecule has 0 amide bonds. The summed E-state index contributed by atoms with van der Waals surface area (Å²) in [4.78, 5) is 16.9. The van der Waals surface area contributed by atoms with E-state index < -0.39 is 5.97 Å². The number of imidazole rings is 1. The van der Waals surface area contributed by atoms with Crippen molar-refractivity contribution in [1.29, 1.82) is 0 Å². The lowest BCUT2D eigenvalue weighted by atomic mass is 10.2. The zero-order chi connectivity index (χ0) is 13.8. The van der Waals surface area contributed by atoms with Crippen LogP contribution in [0.25, 0.3) is 0 Å². The van der Waals surface area contributed by atoms with Gasteiger partial charge in [0.2, 0.25) is 0 Å². The molecule has 2 aromatic heterocycles. The van der Waals surface area contributed by atoms with Crippen LogP contribution >= 0.6 is 11.3 Å². The van der Waals surface area contributed by atoms with Crippen LogP contribution in [0, 0.1) is 0 Å². The summed E-state index contributed by atoms with van der Waals surface area (Å²) in [6.07, 6.45) is 2.57. The zero-order valence-electron chi connectivity index (χ0n) is 11.0. The molecule has 0 aromatic carbocycles. The standard InChI is InChI=1S/C13H17N3O2S/c1-3-9-5-6-19-10(9)7-16-8-15-11(12(16)14)13(17)18-4-2/h5-6,8H,3-4,7,14H2,1-2H3. The zero-order valence-corrected chi connectivity index (χ0v) is 11.9. The van der Waals surface area contributed by atoms with E-state index in [1.165, 1.54) is 10.4 Å². The summed E-state index contributed by atoms with van der Waals surface area (Å²) in [6.45, 7) is 4.83. The first-order valence-electron chi connectivity index (χ1n) is 6.20. The van der Waals surface area contributed by atoms with Crippen molar-refractivity contribution in [2.75, 3.05) is 12.3 Å². The molecule has 0 aliphatic heterocycles. The lowest BCUT2D eigenvalue weighted by Crippen LogP contribution is -2.10. The van der Waals surface area contributed by atoms with Gasteiger partial charge in [-0.25, -0.2) is 9.78 Å². The molecule has 19 heavy (non-hydrogen) atoms. The van der Waals surface area contributed by atoms with Crippen molar-refractivity contribution in [3.05, 3.63) is 33.9 Å². The van der Waals surface area contributed by atoms with E-state index in [-0.39, 0.29) is 5.69 Å². The van der Waals surface area contributed by atoms with Gasteiger partial charge in [0, 0.05) is 4.88 Å². The number of aromatic nitrogens is 2. The normalized spacial score (nSPS) is 10.6. The average molecular weight is 279 g/mol. The highest BCUT2D eigenvalue weighted by Crippen LogP contribution is 2.21. The topological polar surface area (TPSA) is 70.1 Å². The number of nitrogens with zero attached hydrogens (tertiary/aromatic N) is 2. The van der Waals surface area contributed by atoms with Gasteiger partial charge >= 0.3 is 5.97 Å². The first kappa shape index (κ1) is 13.6. The Morgan fingerprint density at radius 2 is 2.32 bits per heavy atom. The molecule has 2 N–H and O–H groups in total. The molecule has 0 bridgehead atoms. The maximum atomic E-state index is 11.6. The van der Waals surface area contributed by atoms with E-state index in [2.05, 4.69) is 23.4 Å². The van der Waals surface area contributed by atoms with Gasteiger partial charge in [0.05, 0.1) is 19.5 Å². The molecule has 2 heterocycles. The smallest absolute Gasteiger partial charge is 0.360 e. The van der Waals surface area contributed by atoms with Crippen molar-refractivity contribution < 1.29 is 9.53 Å². The largest absolute Gasteiger partial charge is 0.461 e. The van der Waals surface area contributed by atoms with E-state index in [0.717, 1.165) is 6.42 Å². The molecule has 0 radical (unpaired) electrons. The molecule has 0 saturated heterocycles. The molecule has 2 aromatic rings. The van der Waals surface area contributed by atoms with Gasteiger partial charge in [0.25, 0.3) is 0 Å². The van der Waals surface area contributed by atoms with Crippen molar-refractivity contribution in [1.82, 2.24) is 9.55 Å². The number of esters is 1. The summed E-state index contributed by atoms with van der Waals surface area (Å²) in [5.74, 6) is -0.116. The Morgan fingerprint density at radius 1 is 1.53 bits per heavy atom. The van der Waals surface area contributed by atoms with Crippen molar-refractivity contribution in [3.8, 4) is 0 Å². The molecule has 0 atom stereocenters. The van der Waals surface area contributed by atoms with Gasteiger partial charge in [-0.3, -0.25) is 0 Å². The van der Waals surface area contributed by atoms with Crippen LogP contribution in [0.5, 0.6) is 0 Å². The molecular formula is C13H17N3O2S. The highest BCUT2D eigenvalue weighted by Gasteiger charge is 2.17. The highest BCUT2D eigenvalue weighted by atomic mass is 32.1. The number of hydrogen-bond acceptors (Lipinski definition) is 5. The average Bonchev–Trinajstić information content (AvgIpc) is 2.98. The Hall–Kier alpha value is -1.82. The van der Waals surface area contributed by atoms with Gasteiger partial charge in [-0.2, -0.15) is 0 Å². The van der Waals surface area contributed by atoms with Crippen molar-refractivity contribution in [3.63, 3.8) is 0 Å². The lowest BCUT2D eigenvalue weighted by Gasteiger charge is -2.06.